The van der Waals surface area contributed by atoms with E-state index in [9.17, 15) is 0 Å². The van der Waals surface area contributed by atoms with Crippen LogP contribution in [0.3, 0.4) is 0 Å². The molecule has 68 valence electrons. The van der Waals surface area contributed by atoms with Gasteiger partial charge in [0.25, 0.3) is 0 Å². The smallest absolute Gasteiger partial charge is 0.161 e. The lowest BCUT2D eigenvalue weighted by Crippen LogP contribution is -2.08. The number of aliphatic imine (C=N–C) groups is 1. The Kier molecular flexibility index (Phi) is 3.23. The van der Waals surface area contributed by atoms with E-state index < -0.39 is 0 Å². The van der Waals surface area contributed by atoms with Crippen molar-refractivity contribution >= 4 is 11.7 Å². The summed E-state index contributed by atoms with van der Waals surface area (Å²) in [6.07, 6.45) is 1.71. The molecule has 3 nitrogen and oxygen atoms in total. The summed E-state index contributed by atoms with van der Waals surface area (Å²) in [6.45, 7) is 1.95. The molecule has 0 atom stereocenters. The Morgan fingerprint density at radius 3 is 2.77 bits per heavy atom. The van der Waals surface area contributed by atoms with Crippen LogP contribution in [0.4, 0.5) is 5.82 Å². The van der Waals surface area contributed by atoms with Crippen LogP contribution in [0.1, 0.15) is 6.92 Å². The molecule has 0 aliphatic carbocycles. The number of hydrogen-bond acceptors (Lipinski definition) is 3. The second kappa shape index (κ2) is 4.43. The Hall–Kier alpha value is -1.60. The highest BCUT2D eigenvalue weighted by molar-refractivity contribution is 5.60. The average molecular weight is 175 g/mol. The van der Waals surface area contributed by atoms with Gasteiger partial charge >= 0.3 is 0 Å². The molecule has 1 aromatic heterocycles. The summed E-state index contributed by atoms with van der Waals surface area (Å²) in [5, 5.41) is 0. The second-order valence-corrected chi connectivity index (χ2v) is 2.89. The van der Waals surface area contributed by atoms with Gasteiger partial charge in [-0.2, -0.15) is 4.99 Å². The first kappa shape index (κ1) is 9.49. The van der Waals surface area contributed by atoms with Crippen LogP contribution in [0.2, 0.25) is 0 Å². The van der Waals surface area contributed by atoms with Gasteiger partial charge in [-0.3, -0.25) is 0 Å². The van der Waals surface area contributed by atoms with Crippen molar-refractivity contribution in [3.05, 3.63) is 30.1 Å². The monoisotopic (exact) mass is 175 g/mol. The Balaban J connectivity index is 2.85. The van der Waals surface area contributed by atoms with Gasteiger partial charge in [-0.15, -0.1) is 0 Å². The molecular weight excluding hydrogens is 162 g/mol. The molecule has 0 bridgehead atoms. The zero-order valence-corrected chi connectivity index (χ0v) is 8.15. The molecule has 1 rings (SSSR count). The van der Waals surface area contributed by atoms with Gasteiger partial charge in [0, 0.05) is 26.2 Å². The highest BCUT2D eigenvalue weighted by Crippen LogP contribution is 2.03. The topological polar surface area (TPSA) is 28.5 Å². The molecule has 0 saturated heterocycles. The predicted molar refractivity (Wildman–Crippen MR) is 54.2 cm³/mol. The predicted octanol–water partition coefficient (Wildman–Crippen LogP) is 1.85. The van der Waals surface area contributed by atoms with Crippen LogP contribution in [0.15, 0.2) is 35.1 Å². The van der Waals surface area contributed by atoms with E-state index in [1.165, 1.54) is 0 Å². The number of hydrogen-bond donors (Lipinski definition) is 0. The van der Waals surface area contributed by atoms with Crippen LogP contribution in [0.5, 0.6) is 0 Å². The third-order valence-electron chi connectivity index (χ3n) is 1.65. The third-order valence-corrected chi connectivity index (χ3v) is 1.65. The second-order valence-electron chi connectivity index (χ2n) is 2.89. The molecule has 0 aromatic carbocycles. The number of pyridine rings is 1. The van der Waals surface area contributed by atoms with Gasteiger partial charge < -0.3 is 4.90 Å². The summed E-state index contributed by atoms with van der Waals surface area (Å²) in [5.74, 6) is 3.59. The molecule has 3 heteroatoms. The molecule has 0 aliphatic rings. The Morgan fingerprint density at radius 1 is 1.46 bits per heavy atom. The minimum atomic E-state index is 0.684. The molecule has 0 aliphatic heterocycles. The SMILES string of the molecule is CC(=C=Nc1ccccn1)N(C)C. The third kappa shape index (κ3) is 3.09. The molecule has 0 N–H and O–H groups in total. The standard InChI is InChI=1S/C10H13N3/c1-9(13(2)3)8-12-10-6-4-5-7-11-10/h4-7H,1-3H3. The summed E-state index contributed by atoms with van der Waals surface area (Å²) in [6, 6.07) is 5.61. The molecular formula is C10H13N3. The van der Waals surface area contributed by atoms with Gasteiger partial charge in [0.1, 0.15) is 0 Å². The van der Waals surface area contributed by atoms with Crippen molar-refractivity contribution in [2.24, 2.45) is 4.99 Å². The fraction of sp³-hybridized carbons (Fsp3) is 0.300. The molecule has 1 heterocycles. The first-order chi connectivity index (χ1) is 6.20. The molecule has 1 aromatic rings. The van der Waals surface area contributed by atoms with E-state index >= 15 is 0 Å². The average Bonchev–Trinajstić information content (AvgIpc) is 2.15. The maximum Gasteiger partial charge on any atom is 0.161 e. The van der Waals surface area contributed by atoms with E-state index in [4.69, 9.17) is 0 Å². The van der Waals surface area contributed by atoms with Crippen molar-refractivity contribution in [3.8, 4) is 0 Å². The van der Waals surface area contributed by atoms with E-state index in [1.807, 2.05) is 44.1 Å². The molecule has 0 saturated carbocycles. The van der Waals surface area contributed by atoms with Crippen molar-refractivity contribution in [2.45, 2.75) is 6.92 Å². The van der Waals surface area contributed by atoms with Crippen LogP contribution in [0.25, 0.3) is 0 Å². The number of aromatic nitrogens is 1. The molecule has 0 spiro atoms. The van der Waals surface area contributed by atoms with Crippen LogP contribution in [0, 0.1) is 0 Å². The van der Waals surface area contributed by atoms with E-state index in [-0.39, 0.29) is 0 Å². The van der Waals surface area contributed by atoms with E-state index in [0.717, 1.165) is 5.70 Å². The Bertz CT molecular complexity index is 321. The summed E-state index contributed by atoms with van der Waals surface area (Å²) in [5.41, 5.74) is 0.977. The summed E-state index contributed by atoms with van der Waals surface area (Å²) >= 11 is 0. The first-order valence-corrected chi connectivity index (χ1v) is 4.09. The van der Waals surface area contributed by atoms with Crippen molar-refractivity contribution in [1.29, 1.82) is 0 Å². The van der Waals surface area contributed by atoms with Crippen LogP contribution in [-0.4, -0.2) is 29.8 Å². The normalized spacial score (nSPS) is 8.85. The van der Waals surface area contributed by atoms with Crippen molar-refractivity contribution in [2.75, 3.05) is 14.1 Å². The highest BCUT2D eigenvalue weighted by atomic mass is 15.1. The quantitative estimate of drug-likeness (QED) is 0.642. The molecule has 0 unspecified atom stereocenters. The fourth-order valence-electron chi connectivity index (χ4n) is 0.658. The summed E-state index contributed by atoms with van der Waals surface area (Å²) < 4.78 is 0. The van der Waals surface area contributed by atoms with Crippen LogP contribution < -0.4 is 0 Å². The van der Waals surface area contributed by atoms with Gasteiger partial charge in [-0.05, 0) is 19.1 Å². The Morgan fingerprint density at radius 2 is 2.23 bits per heavy atom. The lowest BCUT2D eigenvalue weighted by Gasteiger charge is -2.07. The van der Waals surface area contributed by atoms with E-state index in [1.54, 1.807) is 6.20 Å². The van der Waals surface area contributed by atoms with Crippen LogP contribution >= 0.6 is 0 Å². The van der Waals surface area contributed by atoms with E-state index in [2.05, 4.69) is 15.8 Å². The molecule has 0 amide bonds. The Labute approximate surface area is 78.4 Å². The fourth-order valence-corrected chi connectivity index (χ4v) is 0.658. The minimum absolute atomic E-state index is 0.684. The van der Waals surface area contributed by atoms with Gasteiger partial charge in [0.15, 0.2) is 5.82 Å². The zero-order valence-electron chi connectivity index (χ0n) is 8.15. The summed E-state index contributed by atoms with van der Waals surface area (Å²) in [4.78, 5) is 10.1. The van der Waals surface area contributed by atoms with Crippen molar-refractivity contribution in [1.82, 2.24) is 9.88 Å². The van der Waals surface area contributed by atoms with E-state index in [0.29, 0.717) is 5.82 Å². The van der Waals surface area contributed by atoms with Crippen molar-refractivity contribution in [3.63, 3.8) is 0 Å². The summed E-state index contributed by atoms with van der Waals surface area (Å²) in [7, 11) is 3.91. The van der Waals surface area contributed by atoms with Gasteiger partial charge in [0.05, 0.1) is 5.70 Å². The van der Waals surface area contributed by atoms with Crippen LogP contribution in [-0.2, 0) is 0 Å². The molecule has 13 heavy (non-hydrogen) atoms. The lowest BCUT2D eigenvalue weighted by molar-refractivity contribution is 0.521. The molecule has 0 radical (unpaired) electrons. The number of rotatable bonds is 2. The lowest BCUT2D eigenvalue weighted by atomic mass is 10.5. The first-order valence-electron chi connectivity index (χ1n) is 4.09. The van der Waals surface area contributed by atoms with Gasteiger partial charge in [-0.1, -0.05) is 6.07 Å². The highest BCUT2D eigenvalue weighted by Gasteiger charge is 1.88. The van der Waals surface area contributed by atoms with Crippen molar-refractivity contribution < 1.29 is 0 Å². The molecule has 0 fully saturated rings. The van der Waals surface area contributed by atoms with Gasteiger partial charge in [0.2, 0.25) is 0 Å². The number of nitrogens with zero attached hydrogens (tertiary/aromatic N) is 3. The maximum atomic E-state index is 4.09. The largest absolute Gasteiger partial charge is 0.374 e. The zero-order chi connectivity index (χ0) is 9.68. The maximum absolute atomic E-state index is 4.09. The minimum Gasteiger partial charge on any atom is -0.374 e. The van der Waals surface area contributed by atoms with Gasteiger partial charge in [-0.25, -0.2) is 4.98 Å². The number of allylic oxidation sites excluding steroid dienone is 1.